The van der Waals surface area contributed by atoms with Crippen molar-refractivity contribution in [1.29, 1.82) is 0 Å². The Morgan fingerprint density at radius 1 is 1.31 bits per heavy atom. The molecule has 1 saturated carbocycles. The summed E-state index contributed by atoms with van der Waals surface area (Å²) in [5.74, 6) is 3.61. The Bertz CT molecular complexity index is 371. The van der Waals surface area contributed by atoms with E-state index in [9.17, 15) is 0 Å². The zero-order valence-electron chi connectivity index (χ0n) is 9.52. The standard InChI is InChI=1S/C14H18N2/c1-2-9-16(10-12-3-4-12)11-13-5-7-14(15)8-6-13/h1,5-8,12H,3-4,9-11,15H2. The van der Waals surface area contributed by atoms with Crippen LogP contribution in [0, 0.1) is 18.3 Å². The van der Waals surface area contributed by atoms with E-state index < -0.39 is 0 Å². The van der Waals surface area contributed by atoms with Crippen molar-refractivity contribution in [2.75, 3.05) is 18.8 Å². The third kappa shape index (κ3) is 3.29. The smallest absolute Gasteiger partial charge is 0.0601 e. The molecule has 1 aliphatic rings. The van der Waals surface area contributed by atoms with E-state index in [1.807, 2.05) is 12.1 Å². The van der Waals surface area contributed by atoms with Gasteiger partial charge in [-0.2, -0.15) is 0 Å². The zero-order chi connectivity index (χ0) is 11.4. The fraction of sp³-hybridized carbons (Fsp3) is 0.429. The van der Waals surface area contributed by atoms with Gasteiger partial charge in [0.1, 0.15) is 0 Å². The van der Waals surface area contributed by atoms with Crippen LogP contribution in [0.15, 0.2) is 24.3 Å². The molecule has 84 valence electrons. The molecule has 0 unspecified atom stereocenters. The van der Waals surface area contributed by atoms with Crippen LogP contribution in [0.25, 0.3) is 0 Å². The summed E-state index contributed by atoms with van der Waals surface area (Å²) in [6, 6.07) is 8.04. The molecule has 0 aromatic heterocycles. The lowest BCUT2D eigenvalue weighted by atomic mass is 10.2. The summed E-state index contributed by atoms with van der Waals surface area (Å²) in [7, 11) is 0. The molecule has 0 heterocycles. The number of hydrogen-bond acceptors (Lipinski definition) is 2. The van der Waals surface area contributed by atoms with Crippen molar-refractivity contribution in [1.82, 2.24) is 4.90 Å². The van der Waals surface area contributed by atoms with E-state index in [1.54, 1.807) is 0 Å². The number of nitrogens with two attached hydrogens (primary N) is 1. The number of nitrogen functional groups attached to an aromatic ring is 1. The number of rotatable bonds is 5. The van der Waals surface area contributed by atoms with Crippen LogP contribution in [0.1, 0.15) is 18.4 Å². The predicted octanol–water partition coefficient (Wildman–Crippen LogP) is 2.11. The van der Waals surface area contributed by atoms with Crippen molar-refractivity contribution < 1.29 is 0 Å². The molecule has 16 heavy (non-hydrogen) atoms. The minimum absolute atomic E-state index is 0.737. The Labute approximate surface area is 97.4 Å². The van der Waals surface area contributed by atoms with Crippen LogP contribution in [0.3, 0.4) is 0 Å². The van der Waals surface area contributed by atoms with Gasteiger partial charge in [-0.3, -0.25) is 4.90 Å². The highest BCUT2D eigenvalue weighted by Gasteiger charge is 2.23. The number of hydrogen-bond donors (Lipinski definition) is 1. The number of terminal acetylenes is 1. The van der Waals surface area contributed by atoms with Crippen LogP contribution in [0.4, 0.5) is 5.69 Å². The van der Waals surface area contributed by atoms with Gasteiger partial charge in [-0.1, -0.05) is 18.1 Å². The molecule has 2 heteroatoms. The molecule has 1 aromatic rings. The van der Waals surface area contributed by atoms with Gasteiger partial charge in [0.05, 0.1) is 6.54 Å². The molecule has 0 saturated heterocycles. The van der Waals surface area contributed by atoms with E-state index in [4.69, 9.17) is 12.2 Å². The quantitative estimate of drug-likeness (QED) is 0.601. The second kappa shape index (κ2) is 5.05. The minimum Gasteiger partial charge on any atom is -0.399 e. The van der Waals surface area contributed by atoms with E-state index in [0.29, 0.717) is 0 Å². The third-order valence-electron chi connectivity index (χ3n) is 2.91. The monoisotopic (exact) mass is 214 g/mol. The van der Waals surface area contributed by atoms with E-state index in [-0.39, 0.29) is 0 Å². The summed E-state index contributed by atoms with van der Waals surface area (Å²) in [6.07, 6.45) is 8.12. The van der Waals surface area contributed by atoms with Gasteiger partial charge in [0.15, 0.2) is 0 Å². The summed E-state index contributed by atoms with van der Waals surface area (Å²) in [6.45, 7) is 2.80. The maximum Gasteiger partial charge on any atom is 0.0601 e. The van der Waals surface area contributed by atoms with Gasteiger partial charge in [0.2, 0.25) is 0 Å². The Kier molecular flexibility index (Phi) is 3.48. The highest BCUT2D eigenvalue weighted by Crippen LogP contribution is 2.30. The highest BCUT2D eigenvalue weighted by molar-refractivity contribution is 5.39. The highest BCUT2D eigenvalue weighted by atomic mass is 15.1. The molecule has 1 aromatic carbocycles. The van der Waals surface area contributed by atoms with E-state index >= 15 is 0 Å². The molecule has 2 N–H and O–H groups in total. The summed E-state index contributed by atoms with van der Waals surface area (Å²) < 4.78 is 0. The Balaban J connectivity index is 1.93. The van der Waals surface area contributed by atoms with Crippen molar-refractivity contribution in [2.24, 2.45) is 5.92 Å². The summed E-state index contributed by atoms with van der Waals surface area (Å²) in [4.78, 5) is 2.34. The maximum absolute atomic E-state index is 5.66. The van der Waals surface area contributed by atoms with Gasteiger partial charge in [-0.15, -0.1) is 6.42 Å². The topological polar surface area (TPSA) is 29.3 Å². The van der Waals surface area contributed by atoms with Crippen LogP contribution in [0.5, 0.6) is 0 Å². The molecular weight excluding hydrogens is 196 g/mol. The summed E-state index contributed by atoms with van der Waals surface area (Å²) >= 11 is 0. The molecule has 2 rings (SSSR count). The second-order valence-corrected chi connectivity index (χ2v) is 4.56. The molecule has 1 aliphatic carbocycles. The summed E-state index contributed by atoms with van der Waals surface area (Å²) in [5.41, 5.74) is 7.76. The lowest BCUT2D eigenvalue weighted by Gasteiger charge is -2.19. The van der Waals surface area contributed by atoms with E-state index in [2.05, 4.69) is 23.0 Å². The number of benzene rings is 1. The van der Waals surface area contributed by atoms with Crippen LogP contribution >= 0.6 is 0 Å². The van der Waals surface area contributed by atoms with E-state index in [1.165, 1.54) is 18.4 Å². The first-order chi connectivity index (χ1) is 7.78. The molecule has 0 amide bonds. The fourth-order valence-electron chi connectivity index (χ4n) is 1.86. The molecule has 0 bridgehead atoms. The van der Waals surface area contributed by atoms with Crippen molar-refractivity contribution in [3.63, 3.8) is 0 Å². The van der Waals surface area contributed by atoms with E-state index in [0.717, 1.165) is 31.2 Å². The molecule has 0 spiro atoms. The first-order valence-electron chi connectivity index (χ1n) is 5.78. The average Bonchev–Trinajstić information content (AvgIpc) is 3.06. The van der Waals surface area contributed by atoms with Crippen LogP contribution in [-0.2, 0) is 6.54 Å². The van der Waals surface area contributed by atoms with Gasteiger partial charge < -0.3 is 5.73 Å². The largest absolute Gasteiger partial charge is 0.399 e. The lowest BCUT2D eigenvalue weighted by Crippen LogP contribution is -2.25. The predicted molar refractivity (Wildman–Crippen MR) is 67.7 cm³/mol. The lowest BCUT2D eigenvalue weighted by molar-refractivity contribution is 0.286. The van der Waals surface area contributed by atoms with Crippen LogP contribution in [0.2, 0.25) is 0 Å². The first-order valence-corrected chi connectivity index (χ1v) is 5.78. The summed E-state index contributed by atoms with van der Waals surface area (Å²) in [5, 5.41) is 0. The Morgan fingerprint density at radius 3 is 2.56 bits per heavy atom. The van der Waals surface area contributed by atoms with Gasteiger partial charge >= 0.3 is 0 Å². The molecular formula is C14H18N2. The third-order valence-corrected chi connectivity index (χ3v) is 2.91. The van der Waals surface area contributed by atoms with Crippen LogP contribution in [-0.4, -0.2) is 18.0 Å². The normalized spacial score (nSPS) is 15.0. The Morgan fingerprint density at radius 2 is 2.00 bits per heavy atom. The number of nitrogens with zero attached hydrogens (tertiary/aromatic N) is 1. The molecule has 1 fully saturated rings. The Hall–Kier alpha value is -1.46. The van der Waals surface area contributed by atoms with Gasteiger partial charge in [-0.05, 0) is 36.5 Å². The van der Waals surface area contributed by atoms with Crippen LogP contribution < -0.4 is 5.73 Å². The second-order valence-electron chi connectivity index (χ2n) is 4.56. The minimum atomic E-state index is 0.737. The van der Waals surface area contributed by atoms with Gasteiger partial charge in [0, 0.05) is 18.8 Å². The van der Waals surface area contributed by atoms with Crippen molar-refractivity contribution in [3.05, 3.63) is 29.8 Å². The molecule has 0 aliphatic heterocycles. The van der Waals surface area contributed by atoms with Gasteiger partial charge in [-0.25, -0.2) is 0 Å². The number of anilines is 1. The first kappa shape index (κ1) is 11.0. The molecule has 0 atom stereocenters. The fourth-order valence-corrected chi connectivity index (χ4v) is 1.86. The van der Waals surface area contributed by atoms with Crippen molar-refractivity contribution in [3.8, 4) is 12.3 Å². The van der Waals surface area contributed by atoms with Crippen molar-refractivity contribution in [2.45, 2.75) is 19.4 Å². The average molecular weight is 214 g/mol. The zero-order valence-corrected chi connectivity index (χ0v) is 9.52. The van der Waals surface area contributed by atoms with Gasteiger partial charge in [0.25, 0.3) is 0 Å². The maximum atomic E-state index is 5.66. The molecule has 0 radical (unpaired) electrons. The molecule has 2 nitrogen and oxygen atoms in total. The SMILES string of the molecule is C#CCN(Cc1ccc(N)cc1)CC1CC1. The van der Waals surface area contributed by atoms with Crippen molar-refractivity contribution >= 4 is 5.69 Å².